The normalized spacial score (nSPS) is 26.5. The quantitative estimate of drug-likeness (QED) is 0.380. The van der Waals surface area contributed by atoms with Gasteiger partial charge < -0.3 is 5.11 Å². The molecule has 2 unspecified atom stereocenters. The summed E-state index contributed by atoms with van der Waals surface area (Å²) in [5.74, 6) is 2.02. The van der Waals surface area contributed by atoms with Gasteiger partial charge >= 0.3 is 5.69 Å². The number of non-ortho nitro benzene ring substituents is 1. The van der Waals surface area contributed by atoms with Crippen molar-refractivity contribution in [2.75, 3.05) is 23.5 Å². The van der Waals surface area contributed by atoms with Crippen LogP contribution in [0.4, 0.5) is 17.1 Å². The summed E-state index contributed by atoms with van der Waals surface area (Å²) in [7, 11) is 0. The van der Waals surface area contributed by atoms with Crippen molar-refractivity contribution in [3.8, 4) is 0 Å². The number of nitro groups is 2. The molecule has 28 heavy (non-hydrogen) atoms. The van der Waals surface area contributed by atoms with Gasteiger partial charge in [0.25, 0.3) is 5.69 Å². The Morgan fingerprint density at radius 3 is 2.68 bits per heavy atom. The molecule has 0 aromatic heterocycles. The summed E-state index contributed by atoms with van der Waals surface area (Å²) in [5.41, 5.74) is 3.19. The third-order valence-corrected chi connectivity index (χ3v) is 7.62. The molecule has 2 bridgehead atoms. The SMILES string of the molecule is CC1(C)C2CCC1(CSCCO)/C(=N/Nc1ccc([N+](=O)[O-])cc1[N+](=O)[O-])C2. The van der Waals surface area contributed by atoms with Gasteiger partial charge in [-0.1, -0.05) is 13.8 Å². The van der Waals surface area contributed by atoms with Crippen LogP contribution in [0.1, 0.15) is 33.1 Å². The lowest BCUT2D eigenvalue weighted by molar-refractivity contribution is -0.393. The minimum Gasteiger partial charge on any atom is -0.396 e. The number of fused-ring (bicyclic) bond motifs is 2. The first kappa shape index (κ1) is 20.5. The Morgan fingerprint density at radius 1 is 1.32 bits per heavy atom. The standard InChI is InChI=1S/C18H24N4O5S/c1-17(2)12-5-6-18(17,11-28-8-7-23)16(9-12)20-19-14-4-3-13(21(24)25)10-15(14)22(26)27/h3-4,10,12,19,23H,5-9,11H2,1-2H3/b20-16+. The Kier molecular flexibility index (Phi) is 5.62. The first-order valence-corrected chi connectivity index (χ1v) is 10.3. The molecule has 10 heteroatoms. The summed E-state index contributed by atoms with van der Waals surface area (Å²) in [6, 6.07) is 3.50. The highest BCUT2D eigenvalue weighted by atomic mass is 32.2. The molecule has 0 radical (unpaired) electrons. The molecule has 0 saturated heterocycles. The van der Waals surface area contributed by atoms with Crippen LogP contribution in [-0.4, -0.2) is 38.8 Å². The smallest absolute Gasteiger partial charge is 0.301 e. The molecule has 152 valence electrons. The van der Waals surface area contributed by atoms with Gasteiger partial charge in [0.1, 0.15) is 5.69 Å². The molecular formula is C18H24N4O5S. The van der Waals surface area contributed by atoms with Gasteiger partial charge in [0.15, 0.2) is 0 Å². The van der Waals surface area contributed by atoms with E-state index in [1.807, 2.05) is 0 Å². The summed E-state index contributed by atoms with van der Waals surface area (Å²) < 4.78 is 0. The molecule has 0 spiro atoms. The van der Waals surface area contributed by atoms with Crippen molar-refractivity contribution in [2.24, 2.45) is 21.8 Å². The van der Waals surface area contributed by atoms with Crippen LogP contribution < -0.4 is 5.43 Å². The van der Waals surface area contributed by atoms with Crippen LogP contribution >= 0.6 is 11.8 Å². The number of rotatable bonds is 8. The van der Waals surface area contributed by atoms with Crippen molar-refractivity contribution >= 4 is 34.5 Å². The van der Waals surface area contributed by atoms with Gasteiger partial charge in [-0.25, -0.2) is 0 Å². The van der Waals surface area contributed by atoms with E-state index in [0.29, 0.717) is 11.7 Å². The third kappa shape index (κ3) is 3.35. The molecule has 2 N–H and O–H groups in total. The molecule has 3 rings (SSSR count). The highest BCUT2D eigenvalue weighted by Gasteiger charge is 2.62. The largest absolute Gasteiger partial charge is 0.396 e. The van der Waals surface area contributed by atoms with E-state index < -0.39 is 9.85 Å². The van der Waals surface area contributed by atoms with E-state index in [-0.39, 0.29) is 34.5 Å². The Bertz CT molecular complexity index is 828. The maximum atomic E-state index is 11.3. The van der Waals surface area contributed by atoms with E-state index in [9.17, 15) is 20.2 Å². The number of thioether (sulfide) groups is 1. The van der Waals surface area contributed by atoms with E-state index in [4.69, 9.17) is 5.11 Å². The highest BCUT2D eigenvalue weighted by molar-refractivity contribution is 7.99. The van der Waals surface area contributed by atoms with Gasteiger partial charge in [-0.3, -0.25) is 25.7 Å². The van der Waals surface area contributed by atoms with Gasteiger partial charge in [0.05, 0.1) is 22.5 Å². The van der Waals surface area contributed by atoms with E-state index in [0.717, 1.165) is 36.8 Å². The number of nitrogens with one attached hydrogen (secondary N) is 1. The number of hydrazone groups is 1. The molecule has 2 aliphatic carbocycles. The fraction of sp³-hybridized carbons (Fsp3) is 0.611. The Labute approximate surface area is 166 Å². The number of aliphatic hydroxyl groups excluding tert-OH is 1. The average Bonchev–Trinajstić information content (AvgIpc) is 3.01. The van der Waals surface area contributed by atoms with Gasteiger partial charge in [-0.05, 0) is 36.7 Å². The first-order chi connectivity index (χ1) is 13.2. The molecule has 0 heterocycles. The van der Waals surface area contributed by atoms with Crippen LogP contribution in [0.5, 0.6) is 0 Å². The zero-order chi connectivity index (χ0) is 20.5. The summed E-state index contributed by atoms with van der Waals surface area (Å²) >= 11 is 1.70. The molecule has 2 saturated carbocycles. The van der Waals surface area contributed by atoms with Crippen LogP contribution in [0.25, 0.3) is 0 Å². The minimum absolute atomic E-state index is 0.0668. The van der Waals surface area contributed by atoms with Crippen molar-refractivity contribution < 1.29 is 15.0 Å². The lowest BCUT2D eigenvalue weighted by atomic mass is 9.70. The number of anilines is 1. The molecule has 2 atom stereocenters. The molecule has 2 fully saturated rings. The predicted octanol–water partition coefficient (Wildman–Crippen LogP) is 3.82. The number of benzene rings is 1. The third-order valence-electron chi connectivity index (χ3n) is 6.45. The second-order valence-corrected chi connectivity index (χ2v) is 9.01. The number of aliphatic hydroxyl groups is 1. The van der Waals surface area contributed by atoms with Crippen molar-refractivity contribution in [1.29, 1.82) is 0 Å². The number of nitrogens with zero attached hydrogens (tertiary/aromatic N) is 3. The molecular weight excluding hydrogens is 384 g/mol. The molecule has 0 aliphatic heterocycles. The monoisotopic (exact) mass is 408 g/mol. The summed E-state index contributed by atoms with van der Waals surface area (Å²) in [5, 5.41) is 35.9. The van der Waals surface area contributed by atoms with E-state index in [1.165, 1.54) is 12.1 Å². The molecule has 2 aliphatic rings. The topological polar surface area (TPSA) is 131 Å². The number of nitro benzene ring substituents is 2. The van der Waals surface area contributed by atoms with E-state index in [2.05, 4.69) is 24.4 Å². The van der Waals surface area contributed by atoms with Crippen molar-refractivity contribution in [3.05, 3.63) is 38.4 Å². The summed E-state index contributed by atoms with van der Waals surface area (Å²) in [6.07, 6.45) is 2.97. The van der Waals surface area contributed by atoms with Crippen LogP contribution in [0.2, 0.25) is 0 Å². The molecule has 0 amide bonds. The maximum Gasteiger partial charge on any atom is 0.301 e. The van der Waals surface area contributed by atoms with Crippen LogP contribution in [0, 0.1) is 37.0 Å². The van der Waals surface area contributed by atoms with Crippen molar-refractivity contribution in [3.63, 3.8) is 0 Å². The molecule has 1 aromatic carbocycles. The van der Waals surface area contributed by atoms with Crippen molar-refractivity contribution in [1.82, 2.24) is 0 Å². The number of hydrogen-bond acceptors (Lipinski definition) is 8. The second-order valence-electron chi connectivity index (χ2n) is 7.91. The Balaban J connectivity index is 1.89. The predicted molar refractivity (Wildman–Crippen MR) is 109 cm³/mol. The van der Waals surface area contributed by atoms with Gasteiger partial charge in [-0.2, -0.15) is 16.9 Å². The Morgan fingerprint density at radius 2 is 2.07 bits per heavy atom. The zero-order valence-electron chi connectivity index (χ0n) is 15.9. The second kappa shape index (κ2) is 7.67. The lowest BCUT2D eigenvalue weighted by Gasteiger charge is -2.38. The van der Waals surface area contributed by atoms with Crippen LogP contribution in [-0.2, 0) is 0 Å². The maximum absolute atomic E-state index is 11.3. The minimum atomic E-state index is -0.658. The summed E-state index contributed by atoms with van der Waals surface area (Å²) in [4.78, 5) is 20.9. The molecule has 1 aromatic rings. The number of hydrogen-bond donors (Lipinski definition) is 2. The lowest BCUT2D eigenvalue weighted by Crippen LogP contribution is -2.39. The van der Waals surface area contributed by atoms with E-state index >= 15 is 0 Å². The first-order valence-electron chi connectivity index (χ1n) is 9.17. The van der Waals surface area contributed by atoms with Crippen LogP contribution in [0.15, 0.2) is 23.3 Å². The van der Waals surface area contributed by atoms with Crippen molar-refractivity contribution in [2.45, 2.75) is 33.1 Å². The molecule has 9 nitrogen and oxygen atoms in total. The van der Waals surface area contributed by atoms with Gasteiger partial charge in [-0.15, -0.1) is 0 Å². The fourth-order valence-electron chi connectivity index (χ4n) is 4.61. The van der Waals surface area contributed by atoms with Gasteiger partial charge in [0, 0.05) is 28.7 Å². The average molecular weight is 408 g/mol. The summed E-state index contributed by atoms with van der Waals surface area (Å²) in [6.45, 7) is 4.63. The highest BCUT2D eigenvalue weighted by Crippen LogP contribution is 2.65. The zero-order valence-corrected chi connectivity index (χ0v) is 16.7. The Hall–Kier alpha value is -2.20. The van der Waals surface area contributed by atoms with Gasteiger partial charge in [0.2, 0.25) is 0 Å². The fourth-order valence-corrected chi connectivity index (χ4v) is 5.91. The van der Waals surface area contributed by atoms with Crippen LogP contribution in [0.3, 0.4) is 0 Å². The van der Waals surface area contributed by atoms with E-state index in [1.54, 1.807) is 11.8 Å².